The molecule has 3 rings (SSSR count). The first-order valence-electron chi connectivity index (χ1n) is 10.4. The number of hydrogen-bond donors (Lipinski definition) is 1. The number of ether oxygens (including phenoxy) is 1. The first-order valence-corrected chi connectivity index (χ1v) is 10.4. The van der Waals surface area contributed by atoms with Gasteiger partial charge in [-0.15, -0.1) is 0 Å². The molecule has 0 fully saturated rings. The molecule has 0 aromatic heterocycles. The Bertz CT molecular complexity index is 968. The number of nitrogens with zero attached hydrogens (tertiary/aromatic N) is 1. The number of fused-ring (bicyclic) bond motifs is 1. The van der Waals surface area contributed by atoms with E-state index >= 15 is 0 Å². The van der Waals surface area contributed by atoms with E-state index in [2.05, 4.69) is 12.2 Å². The van der Waals surface area contributed by atoms with Crippen molar-refractivity contribution in [1.82, 2.24) is 4.90 Å². The number of anilines is 1. The molecule has 0 bridgehead atoms. The molecule has 2 aromatic rings. The van der Waals surface area contributed by atoms with Crippen molar-refractivity contribution in [3.8, 4) is 0 Å². The molecular formula is C24H26N2O5. The monoisotopic (exact) mass is 422 g/mol. The summed E-state index contributed by atoms with van der Waals surface area (Å²) in [6, 6.07) is 14.5. The van der Waals surface area contributed by atoms with E-state index in [4.69, 9.17) is 4.74 Å². The van der Waals surface area contributed by atoms with Crippen molar-refractivity contribution in [3.05, 3.63) is 65.2 Å². The zero-order valence-corrected chi connectivity index (χ0v) is 17.6. The van der Waals surface area contributed by atoms with Gasteiger partial charge in [0.1, 0.15) is 0 Å². The van der Waals surface area contributed by atoms with Gasteiger partial charge in [0.25, 0.3) is 11.8 Å². The SMILES string of the molecule is CCCCc1ccc(NC(=O)COC(=O)CCN2C(=O)Cc3ccccc3C2=O)cc1. The molecule has 1 heterocycles. The fourth-order valence-corrected chi connectivity index (χ4v) is 3.38. The van der Waals surface area contributed by atoms with E-state index in [0.29, 0.717) is 16.8 Å². The van der Waals surface area contributed by atoms with Crippen LogP contribution in [0.5, 0.6) is 0 Å². The summed E-state index contributed by atoms with van der Waals surface area (Å²) in [6.45, 7) is 1.63. The van der Waals surface area contributed by atoms with Crippen molar-refractivity contribution in [2.24, 2.45) is 0 Å². The highest BCUT2D eigenvalue weighted by atomic mass is 16.5. The van der Waals surface area contributed by atoms with Crippen LogP contribution in [0, 0.1) is 0 Å². The summed E-state index contributed by atoms with van der Waals surface area (Å²) >= 11 is 0. The maximum atomic E-state index is 12.5. The summed E-state index contributed by atoms with van der Waals surface area (Å²) < 4.78 is 4.98. The lowest BCUT2D eigenvalue weighted by Crippen LogP contribution is -2.43. The summed E-state index contributed by atoms with van der Waals surface area (Å²) in [5.41, 5.74) is 2.99. The van der Waals surface area contributed by atoms with Crippen LogP contribution in [-0.4, -0.2) is 41.7 Å². The van der Waals surface area contributed by atoms with Gasteiger partial charge in [0.05, 0.1) is 12.8 Å². The quantitative estimate of drug-likeness (QED) is 0.495. The molecule has 3 amide bonds. The summed E-state index contributed by atoms with van der Waals surface area (Å²) in [5.74, 6) is -1.87. The van der Waals surface area contributed by atoms with Gasteiger partial charge in [-0.3, -0.25) is 24.1 Å². The lowest BCUT2D eigenvalue weighted by Gasteiger charge is -2.26. The zero-order chi connectivity index (χ0) is 22.2. The van der Waals surface area contributed by atoms with Crippen molar-refractivity contribution in [2.75, 3.05) is 18.5 Å². The number of esters is 1. The Morgan fingerprint density at radius 1 is 1.06 bits per heavy atom. The van der Waals surface area contributed by atoms with E-state index in [0.717, 1.165) is 24.2 Å². The van der Waals surface area contributed by atoms with E-state index in [1.54, 1.807) is 24.3 Å². The second-order valence-corrected chi connectivity index (χ2v) is 7.44. The van der Waals surface area contributed by atoms with Gasteiger partial charge >= 0.3 is 5.97 Å². The summed E-state index contributed by atoms with van der Waals surface area (Å²) in [4.78, 5) is 49.8. The minimum absolute atomic E-state index is 0.0777. The van der Waals surface area contributed by atoms with Gasteiger partial charge in [0.2, 0.25) is 5.91 Å². The van der Waals surface area contributed by atoms with E-state index in [1.807, 2.05) is 24.3 Å². The molecule has 7 nitrogen and oxygen atoms in total. The highest BCUT2D eigenvalue weighted by molar-refractivity contribution is 6.09. The molecule has 0 aliphatic carbocycles. The van der Waals surface area contributed by atoms with Crippen LogP contribution >= 0.6 is 0 Å². The fraction of sp³-hybridized carbons (Fsp3) is 0.333. The van der Waals surface area contributed by atoms with Gasteiger partial charge in [-0.25, -0.2) is 0 Å². The second-order valence-electron chi connectivity index (χ2n) is 7.44. The van der Waals surface area contributed by atoms with Crippen molar-refractivity contribution in [1.29, 1.82) is 0 Å². The fourth-order valence-electron chi connectivity index (χ4n) is 3.38. The van der Waals surface area contributed by atoms with Crippen LogP contribution in [-0.2, 0) is 32.0 Å². The van der Waals surface area contributed by atoms with E-state index in [9.17, 15) is 19.2 Å². The number of nitrogens with one attached hydrogen (secondary N) is 1. The molecule has 7 heteroatoms. The minimum atomic E-state index is -0.649. The third-order valence-electron chi connectivity index (χ3n) is 5.10. The third-order valence-corrected chi connectivity index (χ3v) is 5.10. The Hall–Kier alpha value is -3.48. The highest BCUT2D eigenvalue weighted by Gasteiger charge is 2.30. The summed E-state index contributed by atoms with van der Waals surface area (Å²) in [6.07, 6.45) is 3.19. The molecule has 0 spiro atoms. The normalized spacial score (nSPS) is 13.0. The molecule has 0 atom stereocenters. The van der Waals surface area contributed by atoms with Crippen LogP contribution in [0.3, 0.4) is 0 Å². The highest BCUT2D eigenvalue weighted by Crippen LogP contribution is 2.19. The molecule has 31 heavy (non-hydrogen) atoms. The molecule has 0 radical (unpaired) electrons. The van der Waals surface area contributed by atoms with Crippen molar-refractivity contribution >= 4 is 29.4 Å². The average molecular weight is 422 g/mol. The molecule has 2 aromatic carbocycles. The first kappa shape index (κ1) is 22.2. The predicted octanol–water partition coefficient (Wildman–Crippen LogP) is 3.13. The van der Waals surface area contributed by atoms with Crippen molar-refractivity contribution in [2.45, 2.75) is 39.0 Å². The van der Waals surface area contributed by atoms with Gasteiger partial charge in [-0.2, -0.15) is 0 Å². The van der Waals surface area contributed by atoms with Crippen LogP contribution in [0.1, 0.15) is 47.7 Å². The smallest absolute Gasteiger partial charge is 0.308 e. The number of hydrogen-bond acceptors (Lipinski definition) is 5. The maximum Gasteiger partial charge on any atom is 0.308 e. The zero-order valence-electron chi connectivity index (χ0n) is 17.6. The van der Waals surface area contributed by atoms with Crippen LogP contribution in [0.25, 0.3) is 0 Å². The van der Waals surface area contributed by atoms with Gasteiger partial charge in [-0.05, 0) is 42.2 Å². The molecule has 162 valence electrons. The molecule has 1 N–H and O–H groups in total. The predicted molar refractivity (Wildman–Crippen MR) is 115 cm³/mol. The van der Waals surface area contributed by atoms with Gasteiger partial charge in [-0.1, -0.05) is 43.7 Å². The van der Waals surface area contributed by atoms with Crippen molar-refractivity contribution in [3.63, 3.8) is 0 Å². The van der Waals surface area contributed by atoms with Gasteiger partial charge < -0.3 is 10.1 Å². The molecule has 0 unspecified atom stereocenters. The Morgan fingerprint density at radius 3 is 2.55 bits per heavy atom. The molecule has 1 aliphatic heterocycles. The standard InChI is InChI=1S/C24H26N2O5/c1-2-3-6-17-9-11-19(12-10-17)25-21(27)16-31-23(29)13-14-26-22(28)15-18-7-4-5-8-20(18)24(26)30/h4-5,7-12H,2-3,6,13-16H2,1H3,(H,25,27). The molecule has 0 saturated carbocycles. The Balaban J connectivity index is 1.42. The number of carbonyl (C=O) groups excluding carboxylic acids is 4. The molecule has 1 aliphatic rings. The largest absolute Gasteiger partial charge is 0.456 e. The third kappa shape index (κ3) is 6.01. The van der Waals surface area contributed by atoms with Crippen LogP contribution in [0.4, 0.5) is 5.69 Å². The van der Waals surface area contributed by atoms with Crippen LogP contribution < -0.4 is 5.32 Å². The van der Waals surface area contributed by atoms with Crippen LogP contribution in [0.2, 0.25) is 0 Å². The lowest BCUT2D eigenvalue weighted by molar-refractivity contribution is -0.147. The Kier molecular flexibility index (Phi) is 7.54. The average Bonchev–Trinajstić information content (AvgIpc) is 2.77. The van der Waals surface area contributed by atoms with E-state index < -0.39 is 24.4 Å². The number of aryl methyl sites for hydroxylation is 1. The first-order chi connectivity index (χ1) is 15.0. The topological polar surface area (TPSA) is 92.8 Å². The van der Waals surface area contributed by atoms with Gasteiger partial charge in [0, 0.05) is 17.8 Å². The Labute approximate surface area is 181 Å². The maximum absolute atomic E-state index is 12.5. The lowest BCUT2D eigenvalue weighted by atomic mass is 9.98. The number of carbonyl (C=O) groups is 4. The molecular weight excluding hydrogens is 396 g/mol. The minimum Gasteiger partial charge on any atom is -0.456 e. The second kappa shape index (κ2) is 10.5. The number of benzene rings is 2. The van der Waals surface area contributed by atoms with Crippen molar-refractivity contribution < 1.29 is 23.9 Å². The number of unbranched alkanes of at least 4 members (excludes halogenated alkanes) is 1. The van der Waals surface area contributed by atoms with E-state index in [1.165, 1.54) is 5.56 Å². The number of amides is 3. The molecule has 0 saturated heterocycles. The Morgan fingerprint density at radius 2 is 1.81 bits per heavy atom. The summed E-state index contributed by atoms with van der Waals surface area (Å²) in [5, 5.41) is 2.68. The van der Waals surface area contributed by atoms with Crippen LogP contribution in [0.15, 0.2) is 48.5 Å². The number of rotatable bonds is 9. The van der Waals surface area contributed by atoms with E-state index in [-0.39, 0.29) is 25.3 Å². The summed E-state index contributed by atoms with van der Waals surface area (Å²) in [7, 11) is 0. The number of imide groups is 1. The van der Waals surface area contributed by atoms with Gasteiger partial charge in [0.15, 0.2) is 6.61 Å².